The van der Waals surface area contributed by atoms with Gasteiger partial charge in [-0.15, -0.1) is 6.58 Å². The van der Waals surface area contributed by atoms with Crippen LogP contribution in [0.1, 0.15) is 7.85 Å². The first kappa shape index (κ1) is 13.7. The van der Waals surface area contributed by atoms with E-state index in [0.717, 1.165) is 0 Å². The van der Waals surface area contributed by atoms with Gasteiger partial charge in [-0.05, 0) is 0 Å². The Morgan fingerprint density at radius 2 is 2.45 bits per heavy atom. The Kier molecular flexibility index (Phi) is 10.3. The Morgan fingerprint density at radius 3 is 2.73 bits per heavy atom. The van der Waals surface area contributed by atoms with Crippen molar-refractivity contribution >= 4 is 11.4 Å². The molecule has 0 aliphatic carbocycles. The maximum atomic E-state index is 9.90. The van der Waals surface area contributed by atoms with Gasteiger partial charge in [0.2, 0.25) is 0 Å². The minimum absolute atomic E-state index is 0. The molecule has 0 heterocycles. The van der Waals surface area contributed by atoms with Gasteiger partial charge in [-0.3, -0.25) is 0 Å². The van der Waals surface area contributed by atoms with E-state index in [0.29, 0.717) is 6.42 Å². The monoisotopic (exact) mass is 183 g/mol. The summed E-state index contributed by atoms with van der Waals surface area (Å²) < 4.78 is 24.0. The van der Waals surface area contributed by atoms with E-state index in [2.05, 4.69) is 23.1 Å². The summed E-state index contributed by atoms with van der Waals surface area (Å²) >= 11 is -2.53. The van der Waals surface area contributed by atoms with Gasteiger partial charge in [0.15, 0.2) is 5.76 Å². The van der Waals surface area contributed by atoms with E-state index in [-0.39, 0.29) is 36.7 Å². The van der Waals surface area contributed by atoms with Crippen LogP contribution < -0.4 is 29.6 Å². The predicted octanol–water partition coefficient (Wildman–Crippen LogP) is -1.84. The summed E-state index contributed by atoms with van der Waals surface area (Å²) in [5, 5.41) is 0. The molecule has 0 saturated carbocycles. The number of allylic oxidation sites excluding steroid dienone is 1. The average Bonchev–Trinajstić information content (AvgIpc) is 1.86. The molecule has 5 heteroatoms. The van der Waals surface area contributed by atoms with Gasteiger partial charge in [0.25, 0.3) is 0 Å². The van der Waals surface area contributed by atoms with Crippen molar-refractivity contribution in [3.63, 3.8) is 0 Å². The average molecular weight is 183 g/mol. The molecular formula is C6H8NaO3S-. The number of hydrogen-bond donors (Lipinski definition) is 0. The Morgan fingerprint density at radius 1 is 1.91 bits per heavy atom. The van der Waals surface area contributed by atoms with Crippen LogP contribution in [-0.2, 0) is 15.5 Å². The van der Waals surface area contributed by atoms with Gasteiger partial charge >= 0.3 is 29.6 Å². The molecule has 1 unspecified atom stereocenters. The van der Waals surface area contributed by atoms with Crippen LogP contribution in [0.3, 0.4) is 0 Å². The minimum atomic E-state index is -2.53. The molecule has 0 bridgehead atoms. The molecule has 0 rings (SSSR count). The first-order valence-corrected chi connectivity index (χ1v) is 3.48. The Hall–Kier alpha value is 0.170. The summed E-state index contributed by atoms with van der Waals surface area (Å²) in [5.74, 6) is 0.156. The van der Waals surface area contributed by atoms with Crippen molar-refractivity contribution in [3.05, 3.63) is 30.7 Å². The molecule has 0 saturated heterocycles. The second-order valence-electron chi connectivity index (χ2n) is 1.38. The van der Waals surface area contributed by atoms with Crippen molar-refractivity contribution in [1.82, 2.24) is 0 Å². The van der Waals surface area contributed by atoms with Crippen molar-refractivity contribution in [1.29, 1.82) is 0 Å². The van der Waals surface area contributed by atoms with Crippen molar-refractivity contribution in [2.45, 2.75) is 6.42 Å². The van der Waals surface area contributed by atoms with Crippen LogP contribution >= 0.6 is 0 Å². The van der Waals surface area contributed by atoms with Crippen LogP contribution in [0, 0.1) is 0 Å². The first-order valence-electron chi connectivity index (χ1n) is 2.48. The molecule has 58 valence electrons. The Balaban J connectivity index is -0.000000405. The van der Waals surface area contributed by atoms with Gasteiger partial charge in [-0.2, -0.15) is 0 Å². The summed E-state index contributed by atoms with van der Waals surface area (Å²) in [5.41, 5.74) is 2.31. The van der Waals surface area contributed by atoms with E-state index < -0.39 is 11.4 Å². The second-order valence-corrected chi connectivity index (χ2v) is 1.96. The quantitative estimate of drug-likeness (QED) is 0.169. The molecule has 0 spiro atoms. The van der Waals surface area contributed by atoms with Gasteiger partial charge in [-0.25, -0.2) is 4.21 Å². The first-order chi connectivity index (χ1) is 4.70. The van der Waals surface area contributed by atoms with E-state index in [1.807, 2.05) is 0 Å². The molecule has 0 radical (unpaired) electrons. The van der Waals surface area contributed by atoms with Crippen LogP contribution in [-0.4, -0.2) is 8.76 Å². The fourth-order valence-electron chi connectivity index (χ4n) is 0.349. The summed E-state index contributed by atoms with van der Waals surface area (Å²) in [4.78, 5) is 0. The number of rotatable bonds is 4. The van der Waals surface area contributed by atoms with Gasteiger partial charge in [0, 0.05) is 6.42 Å². The molecule has 1 atom stereocenters. The van der Waals surface area contributed by atoms with Crippen molar-refractivity contribution < 1.29 is 43.9 Å². The standard InChI is InChI=1S/C6H8O3S.Na.H/c1-3-5-6(4-2)9-10(7)8;;/h3H,1-2,5H2,(H,7,8);;/q;+1;-1/p-1. The zero-order chi connectivity index (χ0) is 7.98. The fraction of sp³-hybridized carbons (Fsp3) is 0.167. The summed E-state index contributed by atoms with van der Waals surface area (Å²) in [6.07, 6.45) is 1.82. The van der Waals surface area contributed by atoms with Gasteiger partial charge < -0.3 is 10.2 Å². The molecule has 0 aromatic heterocycles. The molecule has 0 aliphatic heterocycles. The van der Waals surface area contributed by atoms with Gasteiger partial charge in [0.1, 0.15) is 11.4 Å². The zero-order valence-corrected chi connectivity index (χ0v) is 9.15. The molecule has 0 fully saturated rings. The smallest absolute Gasteiger partial charge is 1.00 e. The van der Waals surface area contributed by atoms with E-state index >= 15 is 0 Å². The second kappa shape index (κ2) is 8.27. The Bertz CT molecular complexity index is 201. The van der Waals surface area contributed by atoms with E-state index in [1.54, 1.807) is 0 Å². The number of hydrogen-bond acceptors (Lipinski definition) is 3. The molecule has 3 nitrogen and oxygen atoms in total. The maximum absolute atomic E-state index is 9.90. The van der Waals surface area contributed by atoms with Crippen molar-refractivity contribution in [3.8, 4) is 0 Å². The molecule has 0 amide bonds. The molecule has 0 N–H and O–H groups in total. The van der Waals surface area contributed by atoms with Gasteiger partial charge in [-0.1, -0.05) is 18.4 Å². The fourth-order valence-corrected chi connectivity index (χ4v) is 0.640. The topological polar surface area (TPSA) is 49.4 Å². The molecule has 0 aliphatic rings. The van der Waals surface area contributed by atoms with E-state index in [4.69, 9.17) is 0 Å². The van der Waals surface area contributed by atoms with Crippen LogP contribution in [0.2, 0.25) is 0 Å². The molecule has 0 aromatic rings. The van der Waals surface area contributed by atoms with Crippen LogP contribution in [0.15, 0.2) is 30.7 Å². The third kappa shape index (κ3) is 8.07. The molecule has 11 heavy (non-hydrogen) atoms. The third-order valence-corrected chi connectivity index (χ3v) is 1.03. The summed E-state index contributed by atoms with van der Waals surface area (Å²) in [6.45, 7) is 6.61. The van der Waals surface area contributed by atoms with Crippen LogP contribution in [0.4, 0.5) is 0 Å². The van der Waals surface area contributed by atoms with Crippen LogP contribution in [0.5, 0.6) is 0 Å². The zero-order valence-electron chi connectivity index (χ0n) is 7.33. The summed E-state index contributed by atoms with van der Waals surface area (Å²) in [7, 11) is 0. The largest absolute Gasteiger partial charge is 1.00 e. The minimum Gasteiger partial charge on any atom is -1.00 e. The van der Waals surface area contributed by atoms with Crippen LogP contribution in [0.25, 0.3) is 0 Å². The predicted molar refractivity (Wildman–Crippen MR) is 38.6 cm³/mol. The summed E-state index contributed by atoms with van der Waals surface area (Å²) in [6, 6.07) is 0. The molecule has 0 aromatic carbocycles. The maximum Gasteiger partial charge on any atom is 1.00 e. The van der Waals surface area contributed by atoms with E-state index in [9.17, 15) is 8.76 Å². The third-order valence-electron chi connectivity index (χ3n) is 0.696. The van der Waals surface area contributed by atoms with E-state index in [1.165, 1.54) is 6.08 Å². The Labute approximate surface area is 92.1 Å². The molecular weight excluding hydrogens is 175 g/mol. The normalized spacial score (nSPS) is 10.3. The van der Waals surface area contributed by atoms with Crippen molar-refractivity contribution in [2.24, 2.45) is 0 Å². The van der Waals surface area contributed by atoms with Gasteiger partial charge in [0.05, 0.1) is 0 Å². The van der Waals surface area contributed by atoms with Crippen molar-refractivity contribution in [2.75, 3.05) is 0 Å². The SMILES string of the molecule is C=C=C(CC=C)OS(=O)[O-].[H-].[Na+].